The van der Waals surface area contributed by atoms with Crippen LogP contribution in [0.1, 0.15) is 75.6 Å². The van der Waals surface area contributed by atoms with Gasteiger partial charge < -0.3 is 18.9 Å². The Labute approximate surface area is 331 Å². The molecule has 7 aromatic rings. The summed E-state index contributed by atoms with van der Waals surface area (Å²) in [5, 5.41) is 0. The first-order valence-corrected chi connectivity index (χ1v) is 18.7. The normalized spacial score (nSPS) is 11.9. The summed E-state index contributed by atoms with van der Waals surface area (Å²) in [7, 11) is 1.64. The quantitative estimate of drug-likeness (QED) is 0.118. The first-order chi connectivity index (χ1) is 27.9. The summed E-state index contributed by atoms with van der Waals surface area (Å²) in [6.45, 7) is 0. The number of rotatable bonds is 7. The minimum Gasteiger partial charge on any atom is -0.496 e. The lowest BCUT2D eigenvalue weighted by atomic mass is 9.91. The summed E-state index contributed by atoms with van der Waals surface area (Å²) in [4.78, 5) is 41.2. The lowest BCUT2D eigenvalue weighted by Gasteiger charge is -2.21. The largest absolute Gasteiger partial charge is 0.496 e. The summed E-state index contributed by atoms with van der Waals surface area (Å²) in [5.41, 5.74) is 7.43. The first kappa shape index (κ1) is 36.7. The summed E-state index contributed by atoms with van der Waals surface area (Å²) in [6.07, 6.45) is 1.30. The molecule has 0 saturated heterocycles. The predicted octanol–water partition coefficient (Wildman–Crippen LogP) is 10.0. The van der Waals surface area contributed by atoms with E-state index in [1.807, 2.05) is 91.0 Å². The van der Waals surface area contributed by atoms with Crippen LogP contribution in [0.2, 0.25) is 0 Å². The van der Waals surface area contributed by atoms with Crippen molar-refractivity contribution in [1.29, 1.82) is 0 Å². The molecular weight excluding hydrogens is 713 g/mol. The number of ether oxygens (including phenoxy) is 4. The van der Waals surface area contributed by atoms with Crippen LogP contribution in [0.15, 0.2) is 164 Å². The number of hydrogen-bond acceptors (Lipinski definition) is 7. The minimum absolute atomic E-state index is 0.267. The van der Waals surface area contributed by atoms with E-state index < -0.39 is 17.9 Å². The molecule has 0 aromatic heterocycles. The molecule has 0 atom stereocenters. The van der Waals surface area contributed by atoms with E-state index in [-0.39, 0.29) is 12.8 Å². The van der Waals surface area contributed by atoms with Crippen LogP contribution in [-0.4, -0.2) is 25.0 Å². The number of para-hydroxylation sites is 4. The Morgan fingerprint density at radius 1 is 0.316 bits per heavy atom. The maximum atomic E-state index is 13.8. The van der Waals surface area contributed by atoms with Gasteiger partial charge in [0, 0.05) is 25.7 Å². The van der Waals surface area contributed by atoms with E-state index in [1.165, 1.54) is 0 Å². The van der Waals surface area contributed by atoms with Crippen LogP contribution in [0.25, 0.3) is 0 Å². The van der Waals surface area contributed by atoms with E-state index >= 15 is 0 Å². The standard InChI is InChI=1S/C50H38O7/c1-54-44-36-21-11-22-37(44)30-39-24-13-26-41(46(39)56-49(52)34-17-7-3-8-18-34)32-43-28-14-27-42(47(43)57-50(53)35-19-9-4-10-20-35)31-40-25-12-23-38(29-36)45(40)55-48(51)33-15-5-2-6-16-33/h2-28H,29-32H2,1H3. The maximum absolute atomic E-state index is 13.8. The molecule has 0 saturated carbocycles. The first-order valence-electron chi connectivity index (χ1n) is 18.7. The number of hydrogen-bond donors (Lipinski definition) is 0. The third-order valence-corrected chi connectivity index (χ3v) is 10.1. The average Bonchev–Trinajstić information content (AvgIpc) is 3.24. The zero-order valence-corrected chi connectivity index (χ0v) is 31.3. The Hall–Kier alpha value is -7.25. The van der Waals surface area contributed by atoms with Crippen molar-refractivity contribution in [3.05, 3.63) is 225 Å². The molecule has 0 unspecified atom stereocenters. The van der Waals surface area contributed by atoms with Crippen LogP contribution in [0.5, 0.6) is 23.0 Å². The Kier molecular flexibility index (Phi) is 10.7. The fraction of sp³-hybridized carbons (Fsp3) is 0.100. The highest BCUT2D eigenvalue weighted by atomic mass is 16.5. The molecule has 0 aliphatic heterocycles. The van der Waals surface area contributed by atoms with Gasteiger partial charge in [0.05, 0.1) is 23.8 Å². The molecule has 0 heterocycles. The molecule has 8 bridgehead atoms. The number of methoxy groups -OCH3 is 1. The van der Waals surface area contributed by atoms with Crippen LogP contribution in [0, 0.1) is 0 Å². The number of carbonyl (C=O) groups excluding carboxylic acids is 3. The second kappa shape index (κ2) is 16.6. The zero-order chi connectivity index (χ0) is 39.1. The van der Waals surface area contributed by atoms with Crippen LogP contribution in [0.4, 0.5) is 0 Å². The van der Waals surface area contributed by atoms with Crippen molar-refractivity contribution in [2.45, 2.75) is 25.7 Å². The van der Waals surface area contributed by atoms with Gasteiger partial charge in [0.2, 0.25) is 0 Å². The second-order valence-corrected chi connectivity index (χ2v) is 13.8. The van der Waals surface area contributed by atoms with E-state index in [4.69, 9.17) is 18.9 Å². The summed E-state index contributed by atoms with van der Waals surface area (Å²) in [6, 6.07) is 50.0. The SMILES string of the molecule is COc1c2cccc1Cc1cccc(c1OC(=O)c1ccccc1)Cc1cccc(c1OC(=O)c1ccccc1)Cc1cccc(c1OC(=O)c1ccccc1)C2. The van der Waals surface area contributed by atoms with E-state index in [0.29, 0.717) is 63.7 Å². The monoisotopic (exact) mass is 750 g/mol. The van der Waals surface area contributed by atoms with Gasteiger partial charge in [-0.15, -0.1) is 0 Å². The molecule has 1 aliphatic carbocycles. The van der Waals surface area contributed by atoms with Crippen LogP contribution >= 0.6 is 0 Å². The van der Waals surface area contributed by atoms with Crippen molar-refractivity contribution in [3.63, 3.8) is 0 Å². The van der Waals surface area contributed by atoms with Crippen molar-refractivity contribution in [2.24, 2.45) is 0 Å². The third-order valence-electron chi connectivity index (χ3n) is 10.1. The molecule has 8 rings (SSSR count). The number of carbonyl (C=O) groups is 3. The van der Waals surface area contributed by atoms with Gasteiger partial charge in [0.25, 0.3) is 0 Å². The topological polar surface area (TPSA) is 88.1 Å². The molecule has 1 aliphatic rings. The number of benzene rings is 7. The Morgan fingerprint density at radius 3 is 0.772 bits per heavy atom. The van der Waals surface area contributed by atoms with Crippen LogP contribution in [0.3, 0.4) is 0 Å². The average molecular weight is 751 g/mol. The van der Waals surface area contributed by atoms with E-state index in [1.54, 1.807) is 79.9 Å². The van der Waals surface area contributed by atoms with E-state index in [0.717, 1.165) is 33.4 Å². The zero-order valence-electron chi connectivity index (χ0n) is 31.3. The van der Waals surface area contributed by atoms with Crippen molar-refractivity contribution in [3.8, 4) is 23.0 Å². The molecule has 0 amide bonds. The molecule has 7 heteroatoms. The van der Waals surface area contributed by atoms with E-state index in [2.05, 4.69) is 0 Å². The highest BCUT2D eigenvalue weighted by Crippen LogP contribution is 2.39. The minimum atomic E-state index is -0.516. The third kappa shape index (κ3) is 8.09. The second-order valence-electron chi connectivity index (χ2n) is 13.8. The molecule has 280 valence electrons. The number of esters is 3. The maximum Gasteiger partial charge on any atom is 0.343 e. The molecule has 57 heavy (non-hydrogen) atoms. The fourth-order valence-corrected chi connectivity index (χ4v) is 7.32. The molecule has 7 nitrogen and oxygen atoms in total. The van der Waals surface area contributed by atoms with Crippen LogP contribution in [-0.2, 0) is 25.7 Å². The van der Waals surface area contributed by atoms with Gasteiger partial charge in [-0.3, -0.25) is 0 Å². The lowest BCUT2D eigenvalue weighted by molar-refractivity contribution is 0.0722. The smallest absolute Gasteiger partial charge is 0.343 e. The van der Waals surface area contributed by atoms with Gasteiger partial charge in [-0.25, -0.2) is 14.4 Å². The van der Waals surface area contributed by atoms with Gasteiger partial charge in [-0.1, -0.05) is 127 Å². The highest BCUT2D eigenvalue weighted by Gasteiger charge is 2.25. The molecular formula is C50H38O7. The molecule has 0 N–H and O–H groups in total. The van der Waals surface area contributed by atoms with Gasteiger partial charge in [-0.05, 0) is 80.9 Å². The predicted molar refractivity (Wildman–Crippen MR) is 218 cm³/mol. The highest BCUT2D eigenvalue weighted by molar-refractivity contribution is 5.93. The Bertz CT molecular complexity index is 2440. The number of fused-ring (bicyclic) bond motifs is 8. The van der Waals surface area contributed by atoms with Crippen molar-refractivity contribution in [2.75, 3.05) is 7.11 Å². The molecule has 0 spiro atoms. The van der Waals surface area contributed by atoms with Gasteiger partial charge in [0.15, 0.2) is 0 Å². The van der Waals surface area contributed by atoms with Gasteiger partial charge in [-0.2, -0.15) is 0 Å². The van der Waals surface area contributed by atoms with Crippen molar-refractivity contribution in [1.82, 2.24) is 0 Å². The van der Waals surface area contributed by atoms with Gasteiger partial charge in [0.1, 0.15) is 23.0 Å². The van der Waals surface area contributed by atoms with Crippen molar-refractivity contribution >= 4 is 17.9 Å². The van der Waals surface area contributed by atoms with Crippen LogP contribution < -0.4 is 18.9 Å². The Balaban J connectivity index is 1.32. The summed E-state index contributed by atoms with van der Waals surface area (Å²) >= 11 is 0. The fourth-order valence-electron chi connectivity index (χ4n) is 7.32. The lowest BCUT2D eigenvalue weighted by Crippen LogP contribution is -2.15. The van der Waals surface area contributed by atoms with Gasteiger partial charge >= 0.3 is 17.9 Å². The molecule has 0 radical (unpaired) electrons. The molecule has 7 aromatic carbocycles. The van der Waals surface area contributed by atoms with Crippen molar-refractivity contribution < 1.29 is 33.3 Å². The molecule has 0 fully saturated rings. The van der Waals surface area contributed by atoms with E-state index in [9.17, 15) is 14.4 Å². The summed E-state index contributed by atoms with van der Waals surface area (Å²) < 4.78 is 25.0. The summed E-state index contributed by atoms with van der Waals surface area (Å²) in [5.74, 6) is 0.426. The Morgan fingerprint density at radius 2 is 0.544 bits per heavy atom.